The Bertz CT molecular complexity index is 430. The van der Waals surface area contributed by atoms with Crippen molar-refractivity contribution in [1.29, 1.82) is 0 Å². The Balaban J connectivity index is 2.99. The van der Waals surface area contributed by atoms with Gasteiger partial charge in [0.25, 0.3) is 10.2 Å². The lowest BCUT2D eigenvalue weighted by molar-refractivity contribution is 0.475. The fourth-order valence-electron chi connectivity index (χ4n) is 0.839. The smallest absolute Gasteiger partial charge is 0.298 e. The van der Waals surface area contributed by atoms with Gasteiger partial charge < -0.3 is 10.8 Å². The molecule has 0 aromatic heterocycles. The highest BCUT2D eigenvalue weighted by Gasteiger charge is 2.08. The monoisotopic (exact) mass is 217 g/mol. The van der Waals surface area contributed by atoms with Crippen LogP contribution in [0.25, 0.3) is 0 Å². The van der Waals surface area contributed by atoms with Gasteiger partial charge in [-0.25, -0.2) is 4.72 Å². The van der Waals surface area contributed by atoms with Gasteiger partial charge in [0, 0.05) is 13.1 Å². The zero-order chi connectivity index (χ0) is 10.8. The lowest BCUT2D eigenvalue weighted by Crippen LogP contribution is -2.26. The molecular formula is C7H11N3O3S. The van der Waals surface area contributed by atoms with Crippen molar-refractivity contribution in [1.82, 2.24) is 4.72 Å². The number of phenols is 1. The van der Waals surface area contributed by atoms with Crippen molar-refractivity contribution in [3.63, 3.8) is 0 Å². The molecule has 14 heavy (non-hydrogen) atoms. The lowest BCUT2D eigenvalue weighted by Gasteiger charge is -2.08. The maximum atomic E-state index is 11.1. The summed E-state index contributed by atoms with van der Waals surface area (Å²) in [6, 6.07) is 3.97. The summed E-state index contributed by atoms with van der Waals surface area (Å²) >= 11 is 0. The van der Waals surface area contributed by atoms with Gasteiger partial charge in [-0.3, -0.25) is 4.72 Å². The second-order valence-electron chi connectivity index (χ2n) is 2.58. The zero-order valence-electron chi connectivity index (χ0n) is 7.48. The summed E-state index contributed by atoms with van der Waals surface area (Å²) in [4.78, 5) is 0. The molecule has 0 radical (unpaired) electrons. The highest BCUT2D eigenvalue weighted by molar-refractivity contribution is 7.90. The van der Waals surface area contributed by atoms with Gasteiger partial charge in [-0.2, -0.15) is 8.42 Å². The largest absolute Gasteiger partial charge is 0.508 e. The molecule has 5 N–H and O–H groups in total. The third-order valence-corrected chi connectivity index (χ3v) is 2.57. The van der Waals surface area contributed by atoms with E-state index in [1.165, 1.54) is 25.2 Å². The summed E-state index contributed by atoms with van der Waals surface area (Å²) in [5, 5.41) is 9.02. The van der Waals surface area contributed by atoms with Crippen LogP contribution in [0.15, 0.2) is 18.2 Å². The van der Waals surface area contributed by atoms with Gasteiger partial charge in [0.1, 0.15) is 5.75 Å². The number of phenolic OH excluding ortho intramolecular Hbond substituents is 1. The standard InChI is InChI=1S/C7H11N3O3S/c1-9-14(12,13)10-7-3-2-5(11)4-6(7)8/h2-4,9-11H,8H2,1H3. The van der Waals surface area contributed by atoms with Gasteiger partial charge in [0.05, 0.1) is 11.4 Å². The summed E-state index contributed by atoms with van der Waals surface area (Å²) < 4.78 is 26.4. The first-order valence-corrected chi connectivity index (χ1v) is 5.23. The molecule has 7 heteroatoms. The molecule has 1 rings (SSSR count). The van der Waals surface area contributed by atoms with E-state index in [1.54, 1.807) is 0 Å². The van der Waals surface area contributed by atoms with E-state index in [4.69, 9.17) is 10.8 Å². The predicted octanol–water partition coefficient (Wildman–Crippen LogP) is -0.150. The lowest BCUT2D eigenvalue weighted by atomic mass is 10.2. The van der Waals surface area contributed by atoms with E-state index < -0.39 is 10.2 Å². The highest BCUT2D eigenvalue weighted by Crippen LogP contribution is 2.23. The van der Waals surface area contributed by atoms with Crippen molar-refractivity contribution in [3.8, 4) is 5.75 Å². The molecule has 0 saturated carbocycles. The molecule has 0 aliphatic heterocycles. The molecule has 0 bridgehead atoms. The number of hydrogen-bond donors (Lipinski definition) is 4. The van der Waals surface area contributed by atoms with E-state index >= 15 is 0 Å². The number of anilines is 2. The number of nitrogens with one attached hydrogen (secondary N) is 2. The maximum Gasteiger partial charge on any atom is 0.298 e. The molecule has 1 aromatic carbocycles. The second kappa shape index (κ2) is 3.72. The van der Waals surface area contributed by atoms with Crippen LogP contribution in [0, 0.1) is 0 Å². The third-order valence-electron chi connectivity index (χ3n) is 1.55. The normalized spacial score (nSPS) is 11.2. The predicted molar refractivity (Wildman–Crippen MR) is 54.1 cm³/mol. The van der Waals surface area contributed by atoms with Crippen LogP contribution >= 0.6 is 0 Å². The Labute approximate surface area is 81.9 Å². The Morgan fingerprint density at radius 2 is 2.07 bits per heavy atom. The Hall–Kier alpha value is -1.47. The summed E-state index contributed by atoms with van der Waals surface area (Å²) in [6.07, 6.45) is 0. The Morgan fingerprint density at radius 1 is 1.43 bits per heavy atom. The molecule has 0 unspecified atom stereocenters. The molecule has 6 nitrogen and oxygen atoms in total. The Kier molecular flexibility index (Phi) is 2.82. The number of aromatic hydroxyl groups is 1. The SMILES string of the molecule is CNS(=O)(=O)Nc1ccc(O)cc1N. The Morgan fingerprint density at radius 3 is 2.57 bits per heavy atom. The molecule has 78 valence electrons. The summed E-state index contributed by atoms with van der Waals surface area (Å²) in [5.41, 5.74) is 5.84. The molecular weight excluding hydrogens is 206 g/mol. The summed E-state index contributed by atoms with van der Waals surface area (Å²) in [7, 11) is -2.29. The topological polar surface area (TPSA) is 104 Å². The van der Waals surface area contributed by atoms with E-state index in [2.05, 4.69) is 9.44 Å². The molecule has 0 atom stereocenters. The molecule has 1 aromatic rings. The molecule has 0 fully saturated rings. The first kappa shape index (κ1) is 10.6. The summed E-state index contributed by atoms with van der Waals surface area (Å²) in [5.74, 6) is -0.0186. The molecule has 0 heterocycles. The number of hydrogen-bond acceptors (Lipinski definition) is 4. The van der Waals surface area contributed by atoms with Crippen LogP contribution in [0.2, 0.25) is 0 Å². The number of rotatable bonds is 3. The zero-order valence-corrected chi connectivity index (χ0v) is 8.30. The first-order chi connectivity index (χ1) is 6.44. The van der Waals surface area contributed by atoms with Crippen LogP contribution < -0.4 is 15.2 Å². The molecule has 0 saturated heterocycles. The number of nitrogens with two attached hydrogens (primary N) is 1. The highest BCUT2D eigenvalue weighted by atomic mass is 32.2. The van der Waals surface area contributed by atoms with Crippen LogP contribution in [-0.4, -0.2) is 20.6 Å². The van der Waals surface area contributed by atoms with Crippen molar-refractivity contribution in [2.24, 2.45) is 0 Å². The molecule has 0 spiro atoms. The minimum Gasteiger partial charge on any atom is -0.508 e. The minimum atomic E-state index is -3.57. The fourth-order valence-corrected chi connectivity index (χ4v) is 1.42. The average Bonchev–Trinajstić information content (AvgIpc) is 2.10. The second-order valence-corrected chi connectivity index (χ2v) is 4.20. The fraction of sp³-hybridized carbons (Fsp3) is 0.143. The first-order valence-electron chi connectivity index (χ1n) is 3.74. The van der Waals surface area contributed by atoms with E-state index in [9.17, 15) is 8.42 Å². The van der Waals surface area contributed by atoms with Gasteiger partial charge >= 0.3 is 0 Å². The van der Waals surface area contributed by atoms with E-state index in [0.717, 1.165) is 0 Å². The van der Waals surface area contributed by atoms with E-state index in [0.29, 0.717) is 0 Å². The van der Waals surface area contributed by atoms with Gasteiger partial charge in [0.15, 0.2) is 0 Å². The summed E-state index contributed by atoms with van der Waals surface area (Å²) in [6.45, 7) is 0. The van der Waals surface area contributed by atoms with Crippen LogP contribution in [0.4, 0.5) is 11.4 Å². The number of benzene rings is 1. The number of nitrogen functional groups attached to an aromatic ring is 1. The maximum absolute atomic E-state index is 11.1. The van der Waals surface area contributed by atoms with Gasteiger partial charge in [-0.1, -0.05) is 0 Å². The average molecular weight is 217 g/mol. The molecule has 0 aliphatic rings. The van der Waals surface area contributed by atoms with Crippen molar-refractivity contribution >= 4 is 21.6 Å². The van der Waals surface area contributed by atoms with Gasteiger partial charge in [0.2, 0.25) is 0 Å². The van der Waals surface area contributed by atoms with Crippen LogP contribution in [0.5, 0.6) is 5.75 Å². The quantitative estimate of drug-likeness (QED) is 0.417. The van der Waals surface area contributed by atoms with Crippen LogP contribution in [0.1, 0.15) is 0 Å². The van der Waals surface area contributed by atoms with E-state index in [-0.39, 0.29) is 17.1 Å². The van der Waals surface area contributed by atoms with Crippen molar-refractivity contribution in [2.75, 3.05) is 17.5 Å². The minimum absolute atomic E-state index is 0.0186. The van der Waals surface area contributed by atoms with Crippen LogP contribution in [0.3, 0.4) is 0 Å². The van der Waals surface area contributed by atoms with Gasteiger partial charge in [-0.05, 0) is 12.1 Å². The van der Waals surface area contributed by atoms with Crippen molar-refractivity contribution in [2.45, 2.75) is 0 Å². The van der Waals surface area contributed by atoms with Gasteiger partial charge in [-0.15, -0.1) is 0 Å². The molecule has 0 amide bonds. The van der Waals surface area contributed by atoms with Crippen molar-refractivity contribution < 1.29 is 13.5 Å². The third kappa shape index (κ3) is 2.51. The van der Waals surface area contributed by atoms with Crippen molar-refractivity contribution in [3.05, 3.63) is 18.2 Å². The molecule has 0 aliphatic carbocycles. The van der Waals surface area contributed by atoms with E-state index in [1.807, 2.05) is 0 Å². The van der Waals surface area contributed by atoms with Crippen LogP contribution in [-0.2, 0) is 10.2 Å².